The fraction of sp³-hybridized carbons (Fsp3) is 0.591. The van der Waals surface area contributed by atoms with Crippen LogP contribution in [0.15, 0.2) is 24.3 Å². The molecule has 1 fully saturated rings. The molecule has 2 rings (SSSR count). The SMILES string of the molecule is CCN(CC(=O)Nc1cccc(OC)c1)C(=O)C1CCN(C(=O)N(CC)CC)CC1. The lowest BCUT2D eigenvalue weighted by Crippen LogP contribution is -2.49. The molecule has 1 heterocycles. The van der Waals surface area contributed by atoms with E-state index in [4.69, 9.17) is 4.74 Å². The van der Waals surface area contributed by atoms with E-state index in [1.165, 1.54) is 0 Å². The van der Waals surface area contributed by atoms with Crippen molar-refractivity contribution in [2.45, 2.75) is 33.6 Å². The molecule has 1 aliphatic rings. The summed E-state index contributed by atoms with van der Waals surface area (Å²) < 4.78 is 5.16. The standard InChI is InChI=1S/C22H34N4O4/c1-5-24(6-2)22(29)26-13-11-17(12-14-26)21(28)25(7-3)16-20(27)23-18-9-8-10-19(15-18)30-4/h8-10,15,17H,5-7,11-14,16H2,1-4H3,(H,23,27). The fourth-order valence-electron chi connectivity index (χ4n) is 3.69. The summed E-state index contributed by atoms with van der Waals surface area (Å²) in [7, 11) is 1.57. The van der Waals surface area contributed by atoms with E-state index in [2.05, 4.69) is 5.32 Å². The topological polar surface area (TPSA) is 82.2 Å². The van der Waals surface area contributed by atoms with Crippen LogP contribution in [0.1, 0.15) is 33.6 Å². The minimum Gasteiger partial charge on any atom is -0.497 e. The Morgan fingerprint density at radius 3 is 2.27 bits per heavy atom. The second-order valence-electron chi connectivity index (χ2n) is 7.35. The second kappa shape index (κ2) is 11.4. The van der Waals surface area contributed by atoms with Gasteiger partial charge in [-0.05, 0) is 45.7 Å². The van der Waals surface area contributed by atoms with E-state index in [0.717, 1.165) is 0 Å². The normalized spacial score (nSPS) is 14.2. The number of nitrogens with zero attached hydrogens (tertiary/aromatic N) is 3. The summed E-state index contributed by atoms with van der Waals surface area (Å²) in [5.74, 6) is 0.235. The molecule has 0 spiro atoms. The van der Waals surface area contributed by atoms with Crippen LogP contribution in [0.3, 0.4) is 0 Å². The third kappa shape index (κ3) is 6.11. The van der Waals surface area contributed by atoms with Crippen LogP contribution >= 0.6 is 0 Å². The summed E-state index contributed by atoms with van der Waals surface area (Å²) in [6, 6.07) is 7.15. The van der Waals surface area contributed by atoms with E-state index in [1.807, 2.05) is 25.7 Å². The van der Waals surface area contributed by atoms with E-state index in [0.29, 0.717) is 57.0 Å². The number of benzene rings is 1. The molecule has 1 aliphatic heterocycles. The number of likely N-dealkylation sites (tertiary alicyclic amines) is 1. The molecule has 166 valence electrons. The van der Waals surface area contributed by atoms with Gasteiger partial charge in [0.15, 0.2) is 0 Å². The highest BCUT2D eigenvalue weighted by molar-refractivity contribution is 5.95. The average Bonchev–Trinajstić information content (AvgIpc) is 2.78. The van der Waals surface area contributed by atoms with Crippen LogP contribution in [-0.2, 0) is 9.59 Å². The number of anilines is 1. The molecule has 1 N–H and O–H groups in total. The van der Waals surface area contributed by atoms with Gasteiger partial charge in [-0.25, -0.2) is 4.79 Å². The first-order valence-corrected chi connectivity index (χ1v) is 10.7. The number of likely N-dealkylation sites (N-methyl/N-ethyl adjacent to an activating group) is 1. The lowest BCUT2D eigenvalue weighted by molar-refractivity contribution is -0.139. The highest BCUT2D eigenvalue weighted by Gasteiger charge is 2.31. The van der Waals surface area contributed by atoms with Crippen molar-refractivity contribution in [3.63, 3.8) is 0 Å². The zero-order valence-electron chi connectivity index (χ0n) is 18.5. The first-order valence-electron chi connectivity index (χ1n) is 10.7. The number of piperidine rings is 1. The number of hydrogen-bond donors (Lipinski definition) is 1. The lowest BCUT2D eigenvalue weighted by Gasteiger charge is -2.36. The average molecular weight is 419 g/mol. The third-order valence-electron chi connectivity index (χ3n) is 5.53. The quantitative estimate of drug-likeness (QED) is 0.704. The molecule has 0 atom stereocenters. The lowest BCUT2D eigenvalue weighted by atomic mass is 9.95. The Morgan fingerprint density at radius 2 is 1.70 bits per heavy atom. The third-order valence-corrected chi connectivity index (χ3v) is 5.53. The van der Waals surface area contributed by atoms with Crippen LogP contribution in [0.4, 0.5) is 10.5 Å². The largest absolute Gasteiger partial charge is 0.497 e. The Hall–Kier alpha value is -2.77. The first kappa shape index (κ1) is 23.5. The molecule has 0 radical (unpaired) electrons. The molecular weight excluding hydrogens is 384 g/mol. The van der Waals surface area contributed by atoms with Gasteiger partial charge in [0.05, 0.1) is 13.7 Å². The second-order valence-corrected chi connectivity index (χ2v) is 7.35. The van der Waals surface area contributed by atoms with E-state index in [1.54, 1.807) is 41.2 Å². The Labute approximate surface area is 179 Å². The van der Waals surface area contributed by atoms with Crippen LogP contribution in [0.25, 0.3) is 0 Å². The van der Waals surface area contributed by atoms with Gasteiger partial charge in [-0.2, -0.15) is 0 Å². The number of rotatable bonds is 8. The van der Waals surface area contributed by atoms with Crippen molar-refractivity contribution >= 4 is 23.5 Å². The maximum absolute atomic E-state index is 13.0. The minimum atomic E-state index is -0.243. The van der Waals surface area contributed by atoms with Gasteiger partial charge >= 0.3 is 6.03 Å². The van der Waals surface area contributed by atoms with Gasteiger partial charge in [-0.15, -0.1) is 0 Å². The van der Waals surface area contributed by atoms with E-state index in [9.17, 15) is 14.4 Å². The molecule has 0 saturated carbocycles. The van der Waals surface area contributed by atoms with Crippen LogP contribution in [0, 0.1) is 5.92 Å². The predicted octanol–water partition coefficient (Wildman–Crippen LogP) is 2.66. The summed E-state index contributed by atoms with van der Waals surface area (Å²) in [5, 5.41) is 2.82. The van der Waals surface area contributed by atoms with Crippen molar-refractivity contribution < 1.29 is 19.1 Å². The summed E-state index contributed by atoms with van der Waals surface area (Å²) in [6.45, 7) is 8.77. The number of amides is 4. The smallest absolute Gasteiger partial charge is 0.319 e. The summed E-state index contributed by atoms with van der Waals surface area (Å²) >= 11 is 0. The van der Waals surface area contributed by atoms with Crippen LogP contribution < -0.4 is 10.1 Å². The number of carbonyl (C=O) groups excluding carboxylic acids is 3. The molecule has 4 amide bonds. The van der Waals surface area contributed by atoms with Gasteiger partial charge in [0, 0.05) is 50.4 Å². The van der Waals surface area contributed by atoms with Crippen molar-refractivity contribution in [1.29, 1.82) is 0 Å². The molecule has 8 nitrogen and oxygen atoms in total. The Kier molecular flexibility index (Phi) is 8.95. The van der Waals surface area contributed by atoms with Gasteiger partial charge in [-0.1, -0.05) is 6.07 Å². The number of nitrogens with one attached hydrogen (secondary N) is 1. The maximum Gasteiger partial charge on any atom is 0.319 e. The molecule has 0 bridgehead atoms. The van der Waals surface area contributed by atoms with Gasteiger partial charge in [0.25, 0.3) is 0 Å². The zero-order valence-corrected chi connectivity index (χ0v) is 18.5. The van der Waals surface area contributed by atoms with E-state index >= 15 is 0 Å². The molecule has 30 heavy (non-hydrogen) atoms. The van der Waals surface area contributed by atoms with Crippen LogP contribution in [0.5, 0.6) is 5.75 Å². The fourth-order valence-corrected chi connectivity index (χ4v) is 3.69. The first-order chi connectivity index (χ1) is 14.4. The molecule has 0 unspecified atom stereocenters. The van der Waals surface area contributed by atoms with Crippen molar-refractivity contribution in [1.82, 2.24) is 14.7 Å². The number of urea groups is 1. The summed E-state index contributed by atoms with van der Waals surface area (Å²) in [5.41, 5.74) is 0.631. The van der Waals surface area contributed by atoms with Crippen molar-refractivity contribution in [2.75, 3.05) is 51.7 Å². The molecule has 0 aromatic heterocycles. The zero-order chi connectivity index (χ0) is 22.1. The molecule has 1 saturated heterocycles. The van der Waals surface area contributed by atoms with Gasteiger partial charge < -0.3 is 24.8 Å². The number of methoxy groups -OCH3 is 1. The molecule has 1 aromatic rings. The summed E-state index contributed by atoms with van der Waals surface area (Å²) in [6.07, 6.45) is 1.25. The number of ether oxygens (including phenoxy) is 1. The maximum atomic E-state index is 13.0. The number of carbonyl (C=O) groups is 3. The molecule has 0 aliphatic carbocycles. The Morgan fingerprint density at radius 1 is 1.07 bits per heavy atom. The minimum absolute atomic E-state index is 0.00509. The number of hydrogen-bond acceptors (Lipinski definition) is 4. The predicted molar refractivity (Wildman–Crippen MR) is 116 cm³/mol. The van der Waals surface area contributed by atoms with Crippen molar-refractivity contribution in [3.8, 4) is 5.75 Å². The summed E-state index contributed by atoms with van der Waals surface area (Å²) in [4.78, 5) is 43.1. The van der Waals surface area contributed by atoms with Crippen molar-refractivity contribution in [2.24, 2.45) is 5.92 Å². The van der Waals surface area contributed by atoms with Gasteiger partial charge in [-0.3, -0.25) is 9.59 Å². The van der Waals surface area contributed by atoms with Gasteiger partial charge in [0.2, 0.25) is 11.8 Å². The van der Waals surface area contributed by atoms with Crippen molar-refractivity contribution in [3.05, 3.63) is 24.3 Å². The van der Waals surface area contributed by atoms with Gasteiger partial charge in [0.1, 0.15) is 5.75 Å². The Balaban J connectivity index is 1.88. The highest BCUT2D eigenvalue weighted by Crippen LogP contribution is 2.21. The molecule has 1 aromatic carbocycles. The van der Waals surface area contributed by atoms with Crippen LogP contribution in [0.2, 0.25) is 0 Å². The van der Waals surface area contributed by atoms with E-state index in [-0.39, 0.29) is 30.3 Å². The monoisotopic (exact) mass is 418 g/mol. The van der Waals surface area contributed by atoms with E-state index < -0.39 is 0 Å². The molecule has 8 heteroatoms. The Bertz CT molecular complexity index is 728. The van der Waals surface area contributed by atoms with Crippen LogP contribution in [-0.4, -0.2) is 78.9 Å². The highest BCUT2D eigenvalue weighted by atomic mass is 16.5. The molecular formula is C22H34N4O4.